The second-order valence-corrected chi connectivity index (χ2v) is 5.09. The molecule has 0 aliphatic heterocycles. The highest BCUT2D eigenvalue weighted by Crippen LogP contribution is 2.46. The van der Waals surface area contributed by atoms with Gasteiger partial charge in [0, 0.05) is 0 Å². The van der Waals surface area contributed by atoms with Crippen molar-refractivity contribution in [2.75, 3.05) is 0 Å². The summed E-state index contributed by atoms with van der Waals surface area (Å²) in [5.41, 5.74) is 0.460. The molecule has 2 unspecified atom stereocenters. The Morgan fingerprint density at radius 1 is 1.47 bits per heavy atom. The Balaban J connectivity index is 2.81. The summed E-state index contributed by atoms with van der Waals surface area (Å²) in [5.74, 6) is 1.54. The summed E-state index contributed by atoms with van der Waals surface area (Å²) in [6.45, 7) is 11.1. The molecule has 0 N–H and O–H groups in total. The molecule has 0 heterocycles. The average molecular weight is 206 g/mol. The van der Waals surface area contributed by atoms with Crippen LogP contribution in [0.2, 0.25) is 0 Å². The predicted molar refractivity (Wildman–Crippen MR) is 68.9 cm³/mol. The largest absolute Gasteiger partial charge is 0.103 e. The maximum Gasteiger partial charge on any atom is -0.0182 e. The molecule has 0 saturated carbocycles. The molecule has 1 aliphatic carbocycles. The number of hydrogen-bond acceptors (Lipinski definition) is 0. The van der Waals surface area contributed by atoms with Gasteiger partial charge in [0.1, 0.15) is 0 Å². The summed E-state index contributed by atoms with van der Waals surface area (Å²) >= 11 is 0. The second-order valence-electron chi connectivity index (χ2n) is 5.09. The quantitative estimate of drug-likeness (QED) is 0.557. The molecule has 0 bridgehead atoms. The van der Waals surface area contributed by atoms with Crippen LogP contribution in [0.25, 0.3) is 0 Å². The lowest BCUT2D eigenvalue weighted by molar-refractivity contribution is 0.102. The van der Waals surface area contributed by atoms with Crippen molar-refractivity contribution >= 4 is 0 Å². The molecule has 0 spiro atoms. The van der Waals surface area contributed by atoms with Crippen molar-refractivity contribution in [3.05, 3.63) is 24.8 Å². The monoisotopic (exact) mass is 206 g/mol. The molecule has 0 saturated heterocycles. The first-order chi connectivity index (χ1) is 7.19. The van der Waals surface area contributed by atoms with E-state index in [2.05, 4.69) is 45.6 Å². The highest BCUT2D eigenvalue weighted by molar-refractivity contribution is 5.01. The Bertz CT molecular complexity index is 226. The van der Waals surface area contributed by atoms with E-state index in [0.29, 0.717) is 11.3 Å². The Hall–Kier alpha value is -0.520. The normalized spacial score (nSPS) is 27.0. The molecule has 0 fully saturated rings. The molecule has 0 aromatic carbocycles. The molecule has 3 atom stereocenters. The first-order valence-electron chi connectivity index (χ1n) is 6.46. The third-order valence-corrected chi connectivity index (χ3v) is 4.53. The molecule has 15 heavy (non-hydrogen) atoms. The van der Waals surface area contributed by atoms with Crippen molar-refractivity contribution in [3.8, 4) is 0 Å². The van der Waals surface area contributed by atoms with E-state index in [1.165, 1.54) is 32.1 Å². The van der Waals surface area contributed by atoms with Crippen LogP contribution in [0.15, 0.2) is 24.8 Å². The lowest BCUT2D eigenvalue weighted by Gasteiger charge is -2.43. The van der Waals surface area contributed by atoms with Crippen molar-refractivity contribution in [1.82, 2.24) is 0 Å². The van der Waals surface area contributed by atoms with Crippen LogP contribution in [0.3, 0.4) is 0 Å². The van der Waals surface area contributed by atoms with Crippen molar-refractivity contribution < 1.29 is 0 Å². The maximum absolute atomic E-state index is 4.02. The third kappa shape index (κ3) is 2.53. The fourth-order valence-corrected chi connectivity index (χ4v) is 3.15. The summed E-state index contributed by atoms with van der Waals surface area (Å²) in [6.07, 6.45) is 13.3. The van der Waals surface area contributed by atoms with Crippen molar-refractivity contribution in [3.63, 3.8) is 0 Å². The first kappa shape index (κ1) is 12.5. The van der Waals surface area contributed by atoms with Gasteiger partial charge >= 0.3 is 0 Å². The number of hydrogen-bond donors (Lipinski definition) is 0. The first-order valence-corrected chi connectivity index (χ1v) is 6.46. The molecule has 0 aromatic rings. The van der Waals surface area contributed by atoms with Crippen molar-refractivity contribution in [1.29, 1.82) is 0 Å². The predicted octanol–water partition coefficient (Wildman–Crippen LogP) is 4.97. The molecule has 0 aromatic heterocycles. The van der Waals surface area contributed by atoms with Crippen LogP contribution in [0, 0.1) is 17.3 Å². The molecule has 0 heteroatoms. The van der Waals surface area contributed by atoms with Crippen LogP contribution in [0.4, 0.5) is 0 Å². The van der Waals surface area contributed by atoms with E-state index in [9.17, 15) is 0 Å². The maximum atomic E-state index is 4.02. The van der Waals surface area contributed by atoms with Gasteiger partial charge in [0.05, 0.1) is 0 Å². The van der Waals surface area contributed by atoms with E-state index in [4.69, 9.17) is 0 Å². The van der Waals surface area contributed by atoms with Crippen molar-refractivity contribution in [2.24, 2.45) is 17.3 Å². The van der Waals surface area contributed by atoms with Crippen LogP contribution in [0.1, 0.15) is 52.9 Å². The number of rotatable bonds is 5. The van der Waals surface area contributed by atoms with E-state index in [1.807, 2.05) is 0 Å². The molecular weight excluding hydrogens is 180 g/mol. The Kier molecular flexibility index (Phi) is 4.63. The van der Waals surface area contributed by atoms with E-state index < -0.39 is 0 Å². The minimum Gasteiger partial charge on any atom is -0.103 e. The zero-order valence-electron chi connectivity index (χ0n) is 10.6. The molecule has 0 amide bonds. The fraction of sp³-hybridized carbons (Fsp3) is 0.733. The fourth-order valence-electron chi connectivity index (χ4n) is 3.15. The Labute approximate surface area is 95.5 Å². The van der Waals surface area contributed by atoms with Gasteiger partial charge in [0.15, 0.2) is 0 Å². The van der Waals surface area contributed by atoms with Gasteiger partial charge in [-0.2, -0.15) is 0 Å². The van der Waals surface area contributed by atoms with E-state index in [1.54, 1.807) is 0 Å². The highest BCUT2D eigenvalue weighted by Gasteiger charge is 2.37. The summed E-state index contributed by atoms with van der Waals surface area (Å²) in [5, 5.41) is 0. The molecule has 86 valence electrons. The average Bonchev–Trinajstić information content (AvgIpc) is 2.31. The lowest BCUT2D eigenvalue weighted by Crippen LogP contribution is -2.34. The van der Waals surface area contributed by atoms with Crippen LogP contribution in [-0.2, 0) is 0 Å². The second kappa shape index (κ2) is 5.53. The van der Waals surface area contributed by atoms with Gasteiger partial charge in [-0.15, -0.1) is 6.58 Å². The smallest absolute Gasteiger partial charge is 0.0182 e. The van der Waals surface area contributed by atoms with Crippen LogP contribution in [0.5, 0.6) is 0 Å². The van der Waals surface area contributed by atoms with E-state index in [0.717, 1.165) is 5.92 Å². The zero-order valence-corrected chi connectivity index (χ0v) is 10.6. The molecule has 0 nitrogen and oxygen atoms in total. The van der Waals surface area contributed by atoms with E-state index >= 15 is 0 Å². The lowest BCUT2D eigenvalue weighted by atomic mass is 9.62. The van der Waals surface area contributed by atoms with Crippen LogP contribution >= 0.6 is 0 Å². The van der Waals surface area contributed by atoms with Crippen LogP contribution < -0.4 is 0 Å². The highest BCUT2D eigenvalue weighted by atomic mass is 14.4. The Morgan fingerprint density at radius 2 is 2.20 bits per heavy atom. The van der Waals surface area contributed by atoms with Gasteiger partial charge in [-0.1, -0.05) is 39.0 Å². The summed E-state index contributed by atoms with van der Waals surface area (Å²) in [7, 11) is 0. The Morgan fingerprint density at radius 3 is 2.60 bits per heavy atom. The third-order valence-electron chi connectivity index (χ3n) is 4.53. The van der Waals surface area contributed by atoms with Gasteiger partial charge < -0.3 is 0 Å². The molecule has 1 rings (SSSR count). The summed E-state index contributed by atoms with van der Waals surface area (Å²) in [6, 6.07) is 0. The molecular formula is C15H26. The van der Waals surface area contributed by atoms with Crippen LogP contribution in [-0.4, -0.2) is 0 Å². The molecule has 0 radical (unpaired) electrons. The van der Waals surface area contributed by atoms with Crippen molar-refractivity contribution in [2.45, 2.75) is 52.9 Å². The van der Waals surface area contributed by atoms with Gasteiger partial charge in [0.25, 0.3) is 0 Å². The van der Waals surface area contributed by atoms with Gasteiger partial charge in [-0.25, -0.2) is 0 Å². The summed E-state index contributed by atoms with van der Waals surface area (Å²) < 4.78 is 0. The standard InChI is InChI=1S/C15H26/c1-5-13(6-2)15(4,7-3)14-11-9-8-10-12-14/h5,8-9,13-14H,1,6-7,10-12H2,2-4H3/t13-,14?,15?/m1/s1. The van der Waals surface area contributed by atoms with Gasteiger partial charge in [-0.05, 0) is 49.4 Å². The minimum absolute atomic E-state index is 0.460. The minimum atomic E-state index is 0.460. The number of allylic oxidation sites excluding steroid dienone is 3. The molecule has 1 aliphatic rings. The SMILES string of the molecule is C=C[C@H](CC)C(C)(CC)C1CC=CCC1. The van der Waals surface area contributed by atoms with Gasteiger partial charge in [0.2, 0.25) is 0 Å². The topological polar surface area (TPSA) is 0 Å². The zero-order chi connectivity index (χ0) is 11.3. The van der Waals surface area contributed by atoms with Gasteiger partial charge in [-0.3, -0.25) is 0 Å². The summed E-state index contributed by atoms with van der Waals surface area (Å²) in [4.78, 5) is 0. The van der Waals surface area contributed by atoms with E-state index in [-0.39, 0.29) is 0 Å².